The number of hydrogen-bond donors (Lipinski definition) is 0. The van der Waals surface area contributed by atoms with E-state index in [0.29, 0.717) is 5.92 Å². The molecule has 0 aliphatic carbocycles. The Labute approximate surface area is 126 Å². The minimum atomic E-state index is 0.366. The standard InChI is InChI=1S/C20H19N/c1-15-8-10-18(11-9-15)20-13-12-19(14-21-20)16(2)17-6-4-3-5-7-17/h3-14,16H,1-2H3. The second kappa shape index (κ2) is 5.92. The average Bonchev–Trinajstić information content (AvgIpc) is 2.56. The monoisotopic (exact) mass is 273 g/mol. The number of aryl methyl sites for hydroxylation is 1. The second-order valence-corrected chi connectivity index (χ2v) is 5.48. The molecule has 0 aliphatic heterocycles. The lowest BCUT2D eigenvalue weighted by atomic mass is 9.94. The number of rotatable bonds is 3. The summed E-state index contributed by atoms with van der Waals surface area (Å²) in [6.45, 7) is 4.32. The van der Waals surface area contributed by atoms with Gasteiger partial charge in [-0.1, -0.05) is 73.2 Å². The molecule has 21 heavy (non-hydrogen) atoms. The molecule has 0 fully saturated rings. The molecule has 0 bridgehead atoms. The van der Waals surface area contributed by atoms with Crippen molar-refractivity contribution in [3.05, 3.63) is 89.6 Å². The lowest BCUT2D eigenvalue weighted by Crippen LogP contribution is -1.97. The van der Waals surface area contributed by atoms with Crippen LogP contribution >= 0.6 is 0 Å². The van der Waals surface area contributed by atoms with Crippen LogP contribution in [0.2, 0.25) is 0 Å². The van der Waals surface area contributed by atoms with Crippen LogP contribution in [0.5, 0.6) is 0 Å². The highest BCUT2D eigenvalue weighted by molar-refractivity contribution is 5.59. The van der Waals surface area contributed by atoms with Gasteiger partial charge in [0.1, 0.15) is 0 Å². The molecule has 1 aromatic heterocycles. The summed E-state index contributed by atoms with van der Waals surface area (Å²) in [5.74, 6) is 0.366. The summed E-state index contributed by atoms with van der Waals surface area (Å²) in [4.78, 5) is 4.63. The van der Waals surface area contributed by atoms with Gasteiger partial charge in [-0.3, -0.25) is 4.98 Å². The third kappa shape index (κ3) is 3.03. The molecule has 3 rings (SSSR count). The lowest BCUT2D eigenvalue weighted by Gasteiger charge is -2.12. The van der Waals surface area contributed by atoms with Crippen molar-refractivity contribution in [3.8, 4) is 11.3 Å². The Morgan fingerprint density at radius 1 is 0.762 bits per heavy atom. The van der Waals surface area contributed by atoms with Crippen molar-refractivity contribution in [2.45, 2.75) is 19.8 Å². The van der Waals surface area contributed by atoms with E-state index in [4.69, 9.17) is 0 Å². The van der Waals surface area contributed by atoms with E-state index in [1.54, 1.807) is 0 Å². The molecular formula is C20H19N. The van der Waals surface area contributed by atoms with Crippen LogP contribution in [0.1, 0.15) is 29.5 Å². The summed E-state index contributed by atoms with van der Waals surface area (Å²) >= 11 is 0. The first-order valence-corrected chi connectivity index (χ1v) is 7.32. The van der Waals surface area contributed by atoms with Crippen LogP contribution in [-0.2, 0) is 0 Å². The molecule has 1 atom stereocenters. The van der Waals surface area contributed by atoms with E-state index in [0.717, 1.165) is 5.69 Å². The van der Waals surface area contributed by atoms with Gasteiger partial charge in [0.15, 0.2) is 0 Å². The van der Waals surface area contributed by atoms with E-state index in [9.17, 15) is 0 Å². The fourth-order valence-electron chi connectivity index (χ4n) is 2.49. The number of benzene rings is 2. The molecule has 0 saturated carbocycles. The molecule has 3 aromatic rings. The van der Waals surface area contributed by atoms with E-state index < -0.39 is 0 Å². The van der Waals surface area contributed by atoms with E-state index in [1.807, 2.05) is 6.20 Å². The first kappa shape index (κ1) is 13.6. The Morgan fingerprint density at radius 2 is 1.48 bits per heavy atom. The largest absolute Gasteiger partial charge is 0.256 e. The fraction of sp³-hybridized carbons (Fsp3) is 0.150. The molecule has 1 heteroatoms. The zero-order valence-electron chi connectivity index (χ0n) is 12.5. The summed E-state index contributed by atoms with van der Waals surface area (Å²) in [6, 6.07) is 23.3. The van der Waals surface area contributed by atoms with Crippen LogP contribution in [-0.4, -0.2) is 4.98 Å². The van der Waals surface area contributed by atoms with Crippen molar-refractivity contribution in [1.29, 1.82) is 0 Å². The molecule has 1 heterocycles. The molecule has 1 unspecified atom stereocenters. The highest BCUT2D eigenvalue weighted by Gasteiger charge is 2.08. The van der Waals surface area contributed by atoms with Crippen LogP contribution in [0.3, 0.4) is 0 Å². The lowest BCUT2D eigenvalue weighted by molar-refractivity contribution is 0.912. The molecule has 0 amide bonds. The molecule has 0 N–H and O–H groups in total. The number of pyridine rings is 1. The quantitative estimate of drug-likeness (QED) is 0.638. The number of nitrogens with zero attached hydrogens (tertiary/aromatic N) is 1. The molecule has 0 radical (unpaired) electrons. The van der Waals surface area contributed by atoms with Crippen molar-refractivity contribution in [3.63, 3.8) is 0 Å². The van der Waals surface area contributed by atoms with Gasteiger partial charge in [-0.25, -0.2) is 0 Å². The zero-order chi connectivity index (χ0) is 14.7. The van der Waals surface area contributed by atoms with E-state index >= 15 is 0 Å². The Hall–Kier alpha value is -2.41. The van der Waals surface area contributed by atoms with Gasteiger partial charge in [0.05, 0.1) is 5.69 Å². The maximum absolute atomic E-state index is 4.63. The van der Waals surface area contributed by atoms with Gasteiger partial charge in [0.25, 0.3) is 0 Å². The first-order valence-electron chi connectivity index (χ1n) is 7.32. The Kier molecular flexibility index (Phi) is 3.83. The highest BCUT2D eigenvalue weighted by atomic mass is 14.7. The Morgan fingerprint density at radius 3 is 2.10 bits per heavy atom. The van der Waals surface area contributed by atoms with Gasteiger partial charge in [0, 0.05) is 17.7 Å². The molecule has 0 saturated heterocycles. The summed E-state index contributed by atoms with van der Waals surface area (Å²) in [6.07, 6.45) is 1.99. The highest BCUT2D eigenvalue weighted by Crippen LogP contribution is 2.25. The number of hydrogen-bond acceptors (Lipinski definition) is 1. The maximum Gasteiger partial charge on any atom is 0.0702 e. The summed E-state index contributed by atoms with van der Waals surface area (Å²) in [7, 11) is 0. The van der Waals surface area contributed by atoms with Crippen molar-refractivity contribution >= 4 is 0 Å². The Balaban J connectivity index is 1.85. The van der Waals surface area contributed by atoms with E-state index in [-0.39, 0.29) is 0 Å². The predicted octanol–water partition coefficient (Wildman–Crippen LogP) is 5.21. The molecular weight excluding hydrogens is 254 g/mol. The summed E-state index contributed by atoms with van der Waals surface area (Å²) < 4.78 is 0. The van der Waals surface area contributed by atoms with Gasteiger partial charge in [0.2, 0.25) is 0 Å². The maximum atomic E-state index is 4.63. The van der Waals surface area contributed by atoms with Gasteiger partial charge >= 0.3 is 0 Å². The molecule has 1 nitrogen and oxygen atoms in total. The van der Waals surface area contributed by atoms with Crippen molar-refractivity contribution in [2.75, 3.05) is 0 Å². The average molecular weight is 273 g/mol. The third-order valence-corrected chi connectivity index (χ3v) is 3.93. The van der Waals surface area contributed by atoms with E-state index in [1.165, 1.54) is 22.3 Å². The summed E-state index contributed by atoms with van der Waals surface area (Å²) in [5, 5.41) is 0. The van der Waals surface area contributed by atoms with Crippen LogP contribution in [0.25, 0.3) is 11.3 Å². The van der Waals surface area contributed by atoms with Gasteiger partial charge in [-0.15, -0.1) is 0 Å². The normalized spacial score (nSPS) is 12.1. The topological polar surface area (TPSA) is 12.9 Å². The van der Waals surface area contributed by atoms with Crippen molar-refractivity contribution < 1.29 is 0 Å². The molecule has 2 aromatic carbocycles. The first-order chi connectivity index (χ1) is 10.2. The van der Waals surface area contributed by atoms with E-state index in [2.05, 4.69) is 85.6 Å². The molecule has 104 valence electrons. The van der Waals surface area contributed by atoms with Crippen LogP contribution in [0, 0.1) is 6.92 Å². The second-order valence-electron chi connectivity index (χ2n) is 5.48. The van der Waals surface area contributed by atoms with Crippen molar-refractivity contribution in [1.82, 2.24) is 4.98 Å². The van der Waals surface area contributed by atoms with Gasteiger partial charge in [-0.05, 0) is 24.1 Å². The smallest absolute Gasteiger partial charge is 0.0702 e. The minimum absolute atomic E-state index is 0.366. The fourth-order valence-corrected chi connectivity index (χ4v) is 2.49. The van der Waals surface area contributed by atoms with Crippen LogP contribution < -0.4 is 0 Å². The van der Waals surface area contributed by atoms with Gasteiger partial charge in [-0.2, -0.15) is 0 Å². The predicted molar refractivity (Wildman–Crippen MR) is 88.4 cm³/mol. The van der Waals surface area contributed by atoms with Crippen molar-refractivity contribution in [2.24, 2.45) is 0 Å². The molecule has 0 spiro atoms. The van der Waals surface area contributed by atoms with Crippen LogP contribution in [0.15, 0.2) is 72.9 Å². The number of aromatic nitrogens is 1. The summed E-state index contributed by atoms with van der Waals surface area (Å²) in [5.41, 5.74) is 6.03. The minimum Gasteiger partial charge on any atom is -0.256 e. The zero-order valence-corrected chi connectivity index (χ0v) is 12.5. The SMILES string of the molecule is Cc1ccc(-c2ccc(C(C)c3ccccc3)cn2)cc1. The third-order valence-electron chi connectivity index (χ3n) is 3.93. The molecule has 0 aliphatic rings. The Bertz CT molecular complexity index is 697. The van der Waals surface area contributed by atoms with Crippen LogP contribution in [0.4, 0.5) is 0 Å². The van der Waals surface area contributed by atoms with Gasteiger partial charge < -0.3 is 0 Å².